The number of aryl methyl sites for hydroxylation is 1. The average Bonchev–Trinajstić information content (AvgIpc) is 2.73. The minimum Gasteiger partial charge on any atom is -0.368 e. The number of carbonyl (C=O) groups is 1. The van der Waals surface area contributed by atoms with Crippen molar-refractivity contribution in [3.63, 3.8) is 0 Å². The Morgan fingerprint density at radius 1 is 1.19 bits per heavy atom. The van der Waals surface area contributed by atoms with Crippen molar-refractivity contribution in [3.8, 4) is 11.1 Å². The molecule has 32 heavy (non-hydrogen) atoms. The zero-order valence-electron chi connectivity index (χ0n) is 18.3. The van der Waals surface area contributed by atoms with Gasteiger partial charge in [-0.3, -0.25) is 4.79 Å². The summed E-state index contributed by atoms with van der Waals surface area (Å²) in [6.07, 6.45) is 2.53. The zero-order valence-corrected chi connectivity index (χ0v) is 18.3. The van der Waals surface area contributed by atoms with Crippen molar-refractivity contribution < 1.29 is 13.6 Å². The van der Waals surface area contributed by atoms with E-state index in [1.807, 2.05) is 0 Å². The number of nitrogen functional groups attached to an aromatic ring is 1. The van der Waals surface area contributed by atoms with Gasteiger partial charge in [-0.1, -0.05) is 19.9 Å². The van der Waals surface area contributed by atoms with Crippen LogP contribution in [0.5, 0.6) is 0 Å². The first kappa shape index (κ1) is 21.8. The number of amides is 1. The van der Waals surface area contributed by atoms with Gasteiger partial charge in [0, 0.05) is 30.3 Å². The Balaban J connectivity index is 1.82. The quantitative estimate of drug-likeness (QED) is 0.595. The van der Waals surface area contributed by atoms with E-state index in [1.54, 1.807) is 30.0 Å². The highest BCUT2D eigenvalue weighted by molar-refractivity contribution is 5.97. The molecule has 0 saturated heterocycles. The van der Waals surface area contributed by atoms with E-state index in [1.165, 1.54) is 18.3 Å². The van der Waals surface area contributed by atoms with E-state index in [4.69, 9.17) is 5.73 Å². The summed E-state index contributed by atoms with van der Waals surface area (Å²) in [7, 11) is 0. The molecule has 0 radical (unpaired) electrons. The van der Waals surface area contributed by atoms with E-state index in [0.717, 1.165) is 6.42 Å². The van der Waals surface area contributed by atoms with Crippen LogP contribution in [-0.4, -0.2) is 32.3 Å². The molecule has 1 amide bonds. The number of carbonyl (C=O) groups excluding carboxylic acids is 1. The van der Waals surface area contributed by atoms with Gasteiger partial charge in [0.25, 0.3) is 5.91 Å². The lowest BCUT2D eigenvalue weighted by atomic mass is 9.89. The predicted molar refractivity (Wildman–Crippen MR) is 118 cm³/mol. The Kier molecular flexibility index (Phi) is 5.86. The van der Waals surface area contributed by atoms with Gasteiger partial charge in [-0.15, -0.1) is 0 Å². The van der Waals surface area contributed by atoms with Gasteiger partial charge in [0.05, 0.1) is 23.0 Å². The van der Waals surface area contributed by atoms with E-state index < -0.39 is 11.8 Å². The highest BCUT2D eigenvalue weighted by Gasteiger charge is 2.36. The van der Waals surface area contributed by atoms with Crippen LogP contribution in [0.15, 0.2) is 36.5 Å². The minimum atomic E-state index is -0.749. The number of hydrogen-bond acceptors (Lipinski definition) is 5. The molecule has 1 aliphatic rings. The minimum absolute atomic E-state index is 0.0746. The molecule has 2 N–H and O–H groups in total. The summed E-state index contributed by atoms with van der Waals surface area (Å²) in [4.78, 5) is 27.4. The van der Waals surface area contributed by atoms with Crippen LogP contribution in [0.25, 0.3) is 11.1 Å². The predicted octanol–water partition coefficient (Wildman–Crippen LogP) is 4.49. The highest BCUT2D eigenvalue weighted by atomic mass is 19.1. The van der Waals surface area contributed by atoms with E-state index in [9.17, 15) is 13.6 Å². The fourth-order valence-corrected chi connectivity index (χ4v) is 4.16. The van der Waals surface area contributed by atoms with Gasteiger partial charge < -0.3 is 10.6 Å². The van der Waals surface area contributed by atoms with Crippen LogP contribution < -0.4 is 5.73 Å². The fraction of sp³-hybridized carbons (Fsp3) is 0.333. The molecule has 2 aromatic heterocycles. The number of halogens is 2. The molecule has 0 fully saturated rings. The first-order valence-corrected chi connectivity index (χ1v) is 10.6. The largest absolute Gasteiger partial charge is 0.368 e. The lowest BCUT2D eigenvalue weighted by molar-refractivity contribution is 0.0632. The molecule has 6 nitrogen and oxygen atoms in total. The molecule has 3 heterocycles. The molecule has 3 aromatic rings. The first-order chi connectivity index (χ1) is 15.3. The molecule has 0 spiro atoms. The monoisotopic (exact) mass is 437 g/mol. The van der Waals surface area contributed by atoms with Crippen LogP contribution in [0.1, 0.15) is 53.6 Å². The van der Waals surface area contributed by atoms with Gasteiger partial charge in [0.1, 0.15) is 5.82 Å². The Hall–Kier alpha value is -3.42. The van der Waals surface area contributed by atoms with E-state index in [2.05, 4.69) is 28.8 Å². The average molecular weight is 437 g/mol. The number of fused-ring (bicyclic) bond motifs is 1. The molecule has 1 atom stereocenters. The van der Waals surface area contributed by atoms with E-state index in [0.29, 0.717) is 41.4 Å². The molecular formula is C24H25F2N5O. The Bertz CT molecular complexity index is 1180. The maximum atomic E-state index is 14.7. The van der Waals surface area contributed by atoms with Gasteiger partial charge in [-0.2, -0.15) is 4.39 Å². The second kappa shape index (κ2) is 8.61. The van der Waals surface area contributed by atoms with E-state index >= 15 is 0 Å². The smallest absolute Gasteiger partial charge is 0.258 e. The third-order valence-corrected chi connectivity index (χ3v) is 5.79. The molecule has 4 rings (SSSR count). The summed E-state index contributed by atoms with van der Waals surface area (Å²) in [5.41, 5.74) is 8.30. The SMILES string of the molecule is Cc1nc(N)nc2c1C(=O)N(CCC(C)C)C(c1ccc(F)c(-c3cccnc3F)c1)C2. The third-order valence-electron chi connectivity index (χ3n) is 5.79. The van der Waals surface area contributed by atoms with Crippen LogP contribution in [0.4, 0.5) is 14.7 Å². The van der Waals surface area contributed by atoms with Gasteiger partial charge >= 0.3 is 0 Å². The van der Waals surface area contributed by atoms with Crippen LogP contribution >= 0.6 is 0 Å². The van der Waals surface area contributed by atoms with Gasteiger partial charge in [0.2, 0.25) is 11.9 Å². The maximum absolute atomic E-state index is 14.7. The third kappa shape index (κ3) is 4.04. The Labute approximate surface area is 185 Å². The second-order valence-electron chi connectivity index (χ2n) is 8.47. The number of nitrogens with two attached hydrogens (primary N) is 1. The molecule has 8 heteroatoms. The summed E-state index contributed by atoms with van der Waals surface area (Å²) in [6, 6.07) is 7.19. The number of benzene rings is 1. The first-order valence-electron chi connectivity index (χ1n) is 10.6. The topological polar surface area (TPSA) is 85.0 Å². The van der Waals surface area contributed by atoms with Crippen molar-refractivity contribution in [2.75, 3.05) is 12.3 Å². The van der Waals surface area contributed by atoms with Crippen molar-refractivity contribution in [2.45, 2.75) is 39.7 Å². The standard InChI is InChI=1S/C24H25F2N5O/c1-13(2)8-10-31-20(12-19-21(23(31)32)14(3)29-24(27)30-19)15-6-7-18(25)17(11-15)16-5-4-9-28-22(16)26/h4-7,9,11,13,20H,8,10,12H2,1-3H3,(H2,27,29,30). The summed E-state index contributed by atoms with van der Waals surface area (Å²) in [5.74, 6) is -0.976. The molecular weight excluding hydrogens is 412 g/mol. The highest BCUT2D eigenvalue weighted by Crippen LogP contribution is 2.36. The molecule has 0 bridgehead atoms. The van der Waals surface area contributed by atoms with Gasteiger partial charge in [-0.05, 0) is 49.1 Å². The molecule has 1 aromatic carbocycles. The molecule has 1 unspecified atom stereocenters. The molecule has 0 saturated carbocycles. The lowest BCUT2D eigenvalue weighted by Gasteiger charge is -2.37. The van der Waals surface area contributed by atoms with Crippen LogP contribution in [0.2, 0.25) is 0 Å². The molecule has 1 aliphatic heterocycles. The molecule has 166 valence electrons. The van der Waals surface area contributed by atoms with Crippen molar-refractivity contribution in [1.82, 2.24) is 19.9 Å². The zero-order chi connectivity index (χ0) is 23.0. The summed E-state index contributed by atoms with van der Waals surface area (Å²) >= 11 is 0. The lowest BCUT2D eigenvalue weighted by Crippen LogP contribution is -2.42. The van der Waals surface area contributed by atoms with Crippen molar-refractivity contribution in [1.29, 1.82) is 0 Å². The summed E-state index contributed by atoms with van der Waals surface area (Å²) in [6.45, 7) is 6.45. The number of anilines is 1. The van der Waals surface area contributed by atoms with Gasteiger partial charge in [0.15, 0.2) is 0 Å². The second-order valence-corrected chi connectivity index (χ2v) is 8.47. The van der Waals surface area contributed by atoms with Crippen LogP contribution in [0.3, 0.4) is 0 Å². The van der Waals surface area contributed by atoms with Crippen LogP contribution in [0, 0.1) is 24.6 Å². The number of hydrogen-bond donors (Lipinski definition) is 1. The van der Waals surface area contributed by atoms with E-state index in [-0.39, 0.29) is 29.0 Å². The van der Waals surface area contributed by atoms with Crippen molar-refractivity contribution in [3.05, 3.63) is 70.8 Å². The fourth-order valence-electron chi connectivity index (χ4n) is 4.16. The number of nitrogens with zero attached hydrogens (tertiary/aromatic N) is 4. The number of rotatable bonds is 5. The summed E-state index contributed by atoms with van der Waals surface area (Å²) in [5, 5.41) is 0. The molecule has 0 aliphatic carbocycles. The van der Waals surface area contributed by atoms with Crippen molar-refractivity contribution >= 4 is 11.9 Å². The number of aromatic nitrogens is 3. The summed E-state index contributed by atoms with van der Waals surface area (Å²) < 4.78 is 29.0. The number of pyridine rings is 1. The normalized spacial score (nSPS) is 15.9. The van der Waals surface area contributed by atoms with Crippen LogP contribution in [-0.2, 0) is 6.42 Å². The van der Waals surface area contributed by atoms with Crippen molar-refractivity contribution in [2.24, 2.45) is 5.92 Å². The Morgan fingerprint density at radius 2 is 1.97 bits per heavy atom. The Morgan fingerprint density at radius 3 is 2.69 bits per heavy atom. The maximum Gasteiger partial charge on any atom is 0.258 e. The van der Waals surface area contributed by atoms with Gasteiger partial charge in [-0.25, -0.2) is 19.3 Å².